The number of rotatable bonds is 7. The molecule has 0 bridgehead atoms. The van der Waals surface area contributed by atoms with E-state index < -0.39 is 15.8 Å². The molecule has 5 nitrogen and oxygen atoms in total. The van der Waals surface area contributed by atoms with Crippen LogP contribution in [0, 0.1) is 5.82 Å². The van der Waals surface area contributed by atoms with Crippen molar-refractivity contribution in [3.05, 3.63) is 59.9 Å². The molecule has 1 unspecified atom stereocenters. The predicted molar refractivity (Wildman–Crippen MR) is 93.6 cm³/mol. The van der Waals surface area contributed by atoms with Gasteiger partial charge in [0.25, 0.3) is 0 Å². The van der Waals surface area contributed by atoms with Gasteiger partial charge < -0.3 is 10.1 Å². The molecule has 0 aromatic heterocycles. The fourth-order valence-corrected chi connectivity index (χ4v) is 3.79. The second kappa shape index (κ2) is 7.95. The van der Waals surface area contributed by atoms with Gasteiger partial charge in [0.15, 0.2) is 0 Å². The summed E-state index contributed by atoms with van der Waals surface area (Å²) >= 11 is 0. The van der Waals surface area contributed by atoms with Crippen molar-refractivity contribution in [3.8, 4) is 5.75 Å². The lowest BCUT2D eigenvalue weighted by atomic mass is 10.0. The lowest BCUT2D eigenvalue weighted by molar-refractivity contribution is 0.171. The Morgan fingerprint density at radius 1 is 1.08 bits per heavy atom. The van der Waals surface area contributed by atoms with Crippen LogP contribution in [0.15, 0.2) is 53.4 Å². The monoisotopic (exact) mass is 364 g/mol. The fraction of sp³-hybridized carbons (Fsp3) is 0.333. The molecule has 2 N–H and O–H groups in total. The molecule has 2 aromatic rings. The Kier molecular flexibility index (Phi) is 5.67. The summed E-state index contributed by atoms with van der Waals surface area (Å²) in [6.07, 6.45) is 2.01. The molecule has 0 radical (unpaired) electrons. The predicted octanol–water partition coefficient (Wildman–Crippen LogP) is 2.09. The number of nitrogens with one attached hydrogen (secondary N) is 2. The second-order valence-electron chi connectivity index (χ2n) is 5.94. The number of hydrogen-bond donors (Lipinski definition) is 2. The third-order valence-electron chi connectivity index (χ3n) is 4.09. The highest BCUT2D eigenvalue weighted by molar-refractivity contribution is 7.89. The van der Waals surface area contributed by atoms with Crippen molar-refractivity contribution < 1.29 is 17.5 Å². The van der Waals surface area contributed by atoms with E-state index in [9.17, 15) is 12.8 Å². The normalized spacial score (nSPS) is 16.9. The second-order valence-corrected chi connectivity index (χ2v) is 7.71. The number of benzene rings is 2. The molecule has 134 valence electrons. The lowest BCUT2D eigenvalue weighted by Gasteiger charge is -2.26. The largest absolute Gasteiger partial charge is 0.489 e. The first-order chi connectivity index (χ1) is 12.0. The van der Waals surface area contributed by atoms with Crippen molar-refractivity contribution in [2.24, 2.45) is 0 Å². The fourth-order valence-electron chi connectivity index (χ4n) is 2.76. The molecule has 0 saturated carbocycles. The molecule has 2 aromatic carbocycles. The van der Waals surface area contributed by atoms with Gasteiger partial charge >= 0.3 is 0 Å². The quantitative estimate of drug-likeness (QED) is 0.739. The Labute approximate surface area is 147 Å². The minimum Gasteiger partial charge on any atom is -0.489 e. The summed E-state index contributed by atoms with van der Waals surface area (Å²) in [5.74, 6) is 0.465. The average molecular weight is 364 g/mol. The van der Waals surface area contributed by atoms with Gasteiger partial charge in [-0.1, -0.05) is 18.2 Å². The van der Waals surface area contributed by atoms with Gasteiger partial charge in [-0.2, -0.15) is 0 Å². The van der Waals surface area contributed by atoms with Crippen molar-refractivity contribution in [2.45, 2.75) is 23.8 Å². The Bertz CT molecular complexity index is 809. The standard InChI is InChI=1S/C18H21FN2O3S/c19-15-6-9-17(10-7-15)25(22,23)21-12-11-20-13-16-8-5-14-3-1-2-4-18(14)24-16/h1-4,6-7,9-10,16,20-21H,5,8,11-13H2. The highest BCUT2D eigenvalue weighted by Gasteiger charge is 2.19. The van der Waals surface area contributed by atoms with E-state index in [2.05, 4.69) is 16.1 Å². The minimum absolute atomic E-state index is 0.0566. The molecule has 0 fully saturated rings. The zero-order valence-electron chi connectivity index (χ0n) is 13.7. The Hall–Kier alpha value is -1.96. The van der Waals surface area contributed by atoms with Crippen LogP contribution in [-0.4, -0.2) is 34.2 Å². The van der Waals surface area contributed by atoms with Gasteiger partial charge in [-0.05, 0) is 48.7 Å². The molecule has 1 atom stereocenters. The van der Waals surface area contributed by atoms with Crippen LogP contribution in [0.25, 0.3) is 0 Å². The van der Waals surface area contributed by atoms with Gasteiger partial charge in [-0.15, -0.1) is 0 Å². The zero-order valence-corrected chi connectivity index (χ0v) is 14.6. The number of sulfonamides is 1. The summed E-state index contributed by atoms with van der Waals surface area (Å²) < 4.78 is 45.4. The van der Waals surface area contributed by atoms with Gasteiger partial charge in [0, 0.05) is 19.6 Å². The molecule has 0 saturated heterocycles. The van der Waals surface area contributed by atoms with E-state index >= 15 is 0 Å². The van der Waals surface area contributed by atoms with Crippen LogP contribution in [0.2, 0.25) is 0 Å². The summed E-state index contributed by atoms with van der Waals surface area (Å²) in [6.45, 7) is 1.40. The van der Waals surface area contributed by atoms with E-state index in [1.54, 1.807) is 0 Å². The number of hydrogen-bond acceptors (Lipinski definition) is 4. The molecular weight excluding hydrogens is 343 g/mol. The van der Waals surface area contributed by atoms with E-state index in [-0.39, 0.29) is 17.5 Å². The summed E-state index contributed by atoms with van der Waals surface area (Å²) in [4.78, 5) is 0.0566. The van der Waals surface area contributed by atoms with E-state index in [1.807, 2.05) is 18.2 Å². The third-order valence-corrected chi connectivity index (χ3v) is 5.57. The first kappa shape index (κ1) is 17.8. The van der Waals surface area contributed by atoms with Gasteiger partial charge in [-0.3, -0.25) is 0 Å². The topological polar surface area (TPSA) is 67.4 Å². The minimum atomic E-state index is -3.61. The first-order valence-corrected chi connectivity index (χ1v) is 9.73. The molecule has 1 aliphatic heterocycles. The van der Waals surface area contributed by atoms with Crippen molar-refractivity contribution in [1.82, 2.24) is 10.0 Å². The lowest BCUT2D eigenvalue weighted by Crippen LogP contribution is -2.38. The molecular formula is C18H21FN2O3S. The molecule has 1 aliphatic rings. The maximum atomic E-state index is 12.9. The maximum absolute atomic E-state index is 12.9. The summed E-state index contributed by atoms with van der Waals surface area (Å²) in [5, 5.41) is 3.21. The van der Waals surface area contributed by atoms with Crippen molar-refractivity contribution in [3.63, 3.8) is 0 Å². The van der Waals surface area contributed by atoms with E-state index in [0.717, 1.165) is 30.7 Å². The summed E-state index contributed by atoms with van der Waals surface area (Å²) in [6, 6.07) is 12.8. The van der Waals surface area contributed by atoms with Crippen molar-refractivity contribution in [1.29, 1.82) is 0 Å². The van der Waals surface area contributed by atoms with Crippen molar-refractivity contribution >= 4 is 10.0 Å². The maximum Gasteiger partial charge on any atom is 0.240 e. The van der Waals surface area contributed by atoms with E-state index in [0.29, 0.717) is 13.1 Å². The van der Waals surface area contributed by atoms with Gasteiger partial charge in [-0.25, -0.2) is 17.5 Å². The molecule has 0 aliphatic carbocycles. The SMILES string of the molecule is O=S(=O)(NCCNCC1CCc2ccccc2O1)c1ccc(F)cc1. The summed E-state index contributed by atoms with van der Waals surface area (Å²) in [5.41, 5.74) is 1.23. The van der Waals surface area contributed by atoms with Gasteiger partial charge in [0.05, 0.1) is 4.90 Å². The van der Waals surface area contributed by atoms with Crippen LogP contribution in [0.5, 0.6) is 5.75 Å². The zero-order chi connectivity index (χ0) is 17.7. The van der Waals surface area contributed by atoms with Crippen LogP contribution in [-0.2, 0) is 16.4 Å². The molecule has 7 heteroatoms. The van der Waals surface area contributed by atoms with Gasteiger partial charge in [0.1, 0.15) is 17.7 Å². The van der Waals surface area contributed by atoms with Crippen LogP contribution in [0.1, 0.15) is 12.0 Å². The van der Waals surface area contributed by atoms with Crippen LogP contribution >= 0.6 is 0 Å². The number of fused-ring (bicyclic) bond motifs is 1. The number of para-hydroxylation sites is 1. The van der Waals surface area contributed by atoms with Crippen LogP contribution in [0.3, 0.4) is 0 Å². The van der Waals surface area contributed by atoms with Crippen molar-refractivity contribution in [2.75, 3.05) is 19.6 Å². The van der Waals surface area contributed by atoms with Gasteiger partial charge in [0.2, 0.25) is 10.0 Å². The van der Waals surface area contributed by atoms with E-state index in [1.165, 1.54) is 17.7 Å². The highest BCUT2D eigenvalue weighted by Crippen LogP contribution is 2.26. The van der Waals surface area contributed by atoms with E-state index in [4.69, 9.17) is 4.74 Å². The Morgan fingerprint density at radius 2 is 1.84 bits per heavy atom. The van der Waals surface area contributed by atoms with Crippen LogP contribution in [0.4, 0.5) is 4.39 Å². The molecule has 1 heterocycles. The van der Waals surface area contributed by atoms with Crippen LogP contribution < -0.4 is 14.8 Å². The smallest absolute Gasteiger partial charge is 0.240 e. The highest BCUT2D eigenvalue weighted by atomic mass is 32.2. The number of aryl methyl sites for hydroxylation is 1. The number of halogens is 1. The number of ether oxygens (including phenoxy) is 1. The molecule has 25 heavy (non-hydrogen) atoms. The molecule has 0 spiro atoms. The third kappa shape index (κ3) is 4.78. The molecule has 0 amide bonds. The molecule has 3 rings (SSSR count). The Balaban J connectivity index is 1.40. The average Bonchev–Trinajstić information content (AvgIpc) is 2.61. The first-order valence-electron chi connectivity index (χ1n) is 8.25. The Morgan fingerprint density at radius 3 is 2.64 bits per heavy atom. The summed E-state index contributed by atoms with van der Waals surface area (Å²) in [7, 11) is -3.61.